The van der Waals surface area contributed by atoms with Crippen molar-refractivity contribution in [2.24, 2.45) is 5.10 Å². The molecular weight excluding hydrogens is 452 g/mol. The minimum atomic E-state index is 0.748. The zero-order valence-electron chi connectivity index (χ0n) is 14.5. The molecule has 0 radical (unpaired) electrons. The number of anilines is 1. The molecule has 0 unspecified atom stereocenters. The Labute approximate surface area is 177 Å². The highest BCUT2D eigenvalue weighted by atomic mass is 79.9. The van der Waals surface area contributed by atoms with E-state index in [0.29, 0.717) is 0 Å². The van der Waals surface area contributed by atoms with Gasteiger partial charge >= 0.3 is 0 Å². The number of rotatable bonds is 4. The number of nitrogens with zero attached hydrogens (tertiary/aromatic N) is 3. The summed E-state index contributed by atoms with van der Waals surface area (Å²) >= 11 is 6.80. The molecule has 0 aliphatic rings. The molecule has 1 N–H and O–H groups in total. The van der Waals surface area contributed by atoms with Crippen molar-refractivity contribution in [2.75, 3.05) is 5.43 Å². The van der Waals surface area contributed by atoms with E-state index in [9.17, 15) is 0 Å². The maximum Gasteiger partial charge on any atom is 0.155 e. The number of benzene rings is 3. The largest absolute Gasteiger partial charge is 0.277 e. The molecule has 0 aliphatic heterocycles. The third kappa shape index (κ3) is 3.32. The number of hydrazone groups is 1. The van der Waals surface area contributed by atoms with E-state index in [1.165, 1.54) is 0 Å². The second-order valence-electron chi connectivity index (χ2n) is 6.03. The van der Waals surface area contributed by atoms with E-state index in [2.05, 4.69) is 33.5 Å². The zero-order valence-corrected chi connectivity index (χ0v) is 17.7. The topological polar surface area (TPSA) is 50.2 Å². The van der Waals surface area contributed by atoms with Crippen LogP contribution in [0.25, 0.3) is 20.4 Å². The van der Waals surface area contributed by atoms with Crippen LogP contribution in [0.2, 0.25) is 0 Å². The molecule has 0 aliphatic carbocycles. The summed E-state index contributed by atoms with van der Waals surface area (Å²) in [6, 6.07) is 24.1. The third-order valence-corrected chi connectivity index (χ3v) is 6.93. The van der Waals surface area contributed by atoms with E-state index >= 15 is 0 Å². The van der Waals surface area contributed by atoms with Crippen LogP contribution in [0.15, 0.2) is 82.4 Å². The van der Waals surface area contributed by atoms with Crippen molar-refractivity contribution in [2.45, 2.75) is 0 Å². The number of nitrogens with one attached hydrogen (secondary N) is 1. The molecule has 4 nitrogen and oxygen atoms in total. The van der Waals surface area contributed by atoms with Gasteiger partial charge in [-0.25, -0.2) is 9.97 Å². The van der Waals surface area contributed by atoms with Gasteiger partial charge in [0.05, 0.1) is 26.1 Å². The average molecular weight is 465 g/mol. The van der Waals surface area contributed by atoms with Gasteiger partial charge in [-0.2, -0.15) is 5.10 Å². The first-order chi connectivity index (χ1) is 13.8. The van der Waals surface area contributed by atoms with Gasteiger partial charge < -0.3 is 0 Å². The van der Waals surface area contributed by atoms with Gasteiger partial charge in [0.15, 0.2) is 5.71 Å². The molecule has 3 aromatic carbocycles. The van der Waals surface area contributed by atoms with Gasteiger partial charge in [-0.15, -0.1) is 22.7 Å². The standard InChI is InChI=1S/C21H13BrN4S2/c22-13-7-1-2-8-14(13)25-26-19(20-23-15-9-3-5-11-17(15)27-20)21-24-16-10-4-6-12-18(16)28-21/h1-12,25H. The summed E-state index contributed by atoms with van der Waals surface area (Å²) in [6.45, 7) is 0. The predicted octanol–water partition coefficient (Wildman–Crippen LogP) is 6.53. The van der Waals surface area contributed by atoms with E-state index in [1.54, 1.807) is 22.7 Å². The van der Waals surface area contributed by atoms with Crippen LogP contribution < -0.4 is 5.43 Å². The number of para-hydroxylation sites is 3. The van der Waals surface area contributed by atoms with Crippen LogP contribution in [0.1, 0.15) is 10.0 Å². The molecule has 0 saturated carbocycles. The van der Waals surface area contributed by atoms with E-state index in [0.717, 1.165) is 46.3 Å². The Morgan fingerprint density at radius 2 is 1.29 bits per heavy atom. The summed E-state index contributed by atoms with van der Waals surface area (Å²) in [5, 5.41) is 6.41. The van der Waals surface area contributed by atoms with Gasteiger partial charge in [-0.3, -0.25) is 5.43 Å². The first-order valence-electron chi connectivity index (χ1n) is 8.58. The Bertz CT molecular complexity index is 1180. The summed E-state index contributed by atoms with van der Waals surface area (Å²) < 4.78 is 3.21. The van der Waals surface area contributed by atoms with Crippen LogP contribution in [0, 0.1) is 0 Å². The monoisotopic (exact) mass is 464 g/mol. The molecule has 0 amide bonds. The van der Waals surface area contributed by atoms with Crippen molar-refractivity contribution < 1.29 is 0 Å². The quantitative estimate of drug-likeness (QED) is 0.242. The average Bonchev–Trinajstić information content (AvgIpc) is 3.33. The summed E-state index contributed by atoms with van der Waals surface area (Å²) in [5.41, 5.74) is 6.75. The minimum absolute atomic E-state index is 0.748. The normalized spacial score (nSPS) is 11.0. The lowest BCUT2D eigenvalue weighted by Gasteiger charge is -2.05. The summed E-state index contributed by atoms with van der Waals surface area (Å²) in [5.74, 6) is 0. The molecule has 28 heavy (non-hydrogen) atoms. The molecule has 0 saturated heterocycles. The van der Waals surface area contributed by atoms with Crippen LogP contribution in [0.5, 0.6) is 0 Å². The summed E-state index contributed by atoms with van der Waals surface area (Å²) in [7, 11) is 0. The number of aromatic nitrogens is 2. The Morgan fingerprint density at radius 3 is 1.86 bits per heavy atom. The van der Waals surface area contributed by atoms with Gasteiger partial charge in [-0.05, 0) is 52.3 Å². The van der Waals surface area contributed by atoms with Gasteiger partial charge in [-0.1, -0.05) is 36.4 Å². The second kappa shape index (κ2) is 7.43. The smallest absolute Gasteiger partial charge is 0.155 e. The van der Waals surface area contributed by atoms with E-state index in [1.807, 2.05) is 60.7 Å². The van der Waals surface area contributed by atoms with Crippen molar-refractivity contribution in [3.05, 3.63) is 87.3 Å². The maximum absolute atomic E-state index is 4.80. The van der Waals surface area contributed by atoms with Crippen molar-refractivity contribution in [1.82, 2.24) is 9.97 Å². The Balaban J connectivity index is 1.64. The molecule has 5 rings (SSSR count). The molecule has 0 spiro atoms. The van der Waals surface area contributed by atoms with E-state index < -0.39 is 0 Å². The highest BCUT2D eigenvalue weighted by Crippen LogP contribution is 2.29. The lowest BCUT2D eigenvalue weighted by Crippen LogP contribution is -2.06. The van der Waals surface area contributed by atoms with Crippen molar-refractivity contribution in [3.8, 4) is 0 Å². The number of fused-ring (bicyclic) bond motifs is 2. The fourth-order valence-electron chi connectivity index (χ4n) is 2.80. The Kier molecular flexibility index (Phi) is 4.64. The molecule has 5 aromatic rings. The van der Waals surface area contributed by atoms with Crippen molar-refractivity contribution >= 4 is 70.4 Å². The van der Waals surface area contributed by atoms with Crippen LogP contribution in [-0.4, -0.2) is 15.7 Å². The molecule has 0 atom stereocenters. The number of hydrogen-bond acceptors (Lipinski definition) is 6. The SMILES string of the molecule is Brc1ccccc1NN=C(c1nc2ccccc2s1)c1nc2ccccc2s1. The maximum atomic E-state index is 4.80. The van der Waals surface area contributed by atoms with Crippen molar-refractivity contribution in [1.29, 1.82) is 0 Å². The molecule has 0 bridgehead atoms. The highest BCUT2D eigenvalue weighted by molar-refractivity contribution is 9.10. The molecule has 2 aromatic heterocycles. The fourth-order valence-corrected chi connectivity index (χ4v) is 5.15. The van der Waals surface area contributed by atoms with Gasteiger partial charge in [0.25, 0.3) is 0 Å². The Hall–Kier alpha value is -2.61. The lowest BCUT2D eigenvalue weighted by molar-refractivity contribution is 1.29. The number of hydrogen-bond donors (Lipinski definition) is 1. The number of halogens is 1. The van der Waals surface area contributed by atoms with Gasteiger partial charge in [0.1, 0.15) is 10.0 Å². The highest BCUT2D eigenvalue weighted by Gasteiger charge is 2.17. The first-order valence-corrected chi connectivity index (χ1v) is 11.0. The second-order valence-corrected chi connectivity index (χ2v) is 8.94. The van der Waals surface area contributed by atoms with Gasteiger partial charge in [0.2, 0.25) is 0 Å². The van der Waals surface area contributed by atoms with Gasteiger partial charge in [0, 0.05) is 4.47 Å². The van der Waals surface area contributed by atoms with E-state index in [-0.39, 0.29) is 0 Å². The molecule has 0 fully saturated rings. The summed E-state index contributed by atoms with van der Waals surface area (Å²) in [4.78, 5) is 9.59. The molecule has 2 heterocycles. The molecule has 136 valence electrons. The lowest BCUT2D eigenvalue weighted by atomic mass is 10.3. The molecule has 7 heteroatoms. The minimum Gasteiger partial charge on any atom is -0.277 e. The van der Waals surface area contributed by atoms with Crippen LogP contribution in [0.3, 0.4) is 0 Å². The van der Waals surface area contributed by atoms with Crippen molar-refractivity contribution in [3.63, 3.8) is 0 Å². The molecular formula is C21H13BrN4S2. The predicted molar refractivity (Wildman–Crippen MR) is 123 cm³/mol. The zero-order chi connectivity index (χ0) is 18.9. The third-order valence-electron chi connectivity index (χ3n) is 4.15. The Morgan fingerprint density at radius 1 is 0.750 bits per heavy atom. The fraction of sp³-hybridized carbons (Fsp3) is 0. The van der Waals surface area contributed by atoms with E-state index in [4.69, 9.17) is 15.1 Å². The number of thiazole rings is 2. The summed E-state index contributed by atoms with van der Waals surface area (Å²) in [6.07, 6.45) is 0. The van der Waals surface area contributed by atoms with Crippen LogP contribution in [-0.2, 0) is 0 Å². The van der Waals surface area contributed by atoms with Crippen LogP contribution in [0.4, 0.5) is 5.69 Å². The first kappa shape index (κ1) is 17.5. The van der Waals surface area contributed by atoms with Crippen LogP contribution >= 0.6 is 38.6 Å².